The van der Waals surface area contributed by atoms with Crippen molar-refractivity contribution in [3.05, 3.63) is 27.7 Å². The lowest BCUT2D eigenvalue weighted by molar-refractivity contribution is -0.136. The normalized spacial score (nSPS) is 11.1. The summed E-state index contributed by atoms with van der Waals surface area (Å²) in [6.45, 7) is 0. The topological polar surface area (TPSA) is 49.8 Å². The Morgan fingerprint density at radius 1 is 1.36 bits per heavy atom. The fraction of sp³-hybridized carbons (Fsp3) is 0.125. The van der Waals surface area contributed by atoms with Gasteiger partial charge in [0.2, 0.25) is 0 Å². The molecule has 0 amide bonds. The van der Waals surface area contributed by atoms with Gasteiger partial charge in [0, 0.05) is 10.2 Å². The number of alkyl halides is 3. The van der Waals surface area contributed by atoms with E-state index in [1.54, 1.807) is 6.07 Å². The lowest BCUT2D eigenvalue weighted by Crippen LogP contribution is -2.09. The van der Waals surface area contributed by atoms with Gasteiger partial charge in [-0.2, -0.15) is 18.4 Å². The van der Waals surface area contributed by atoms with Crippen LogP contribution in [0.5, 0.6) is 0 Å². The van der Waals surface area contributed by atoms with Crippen LogP contribution < -0.4 is 5.73 Å². The van der Waals surface area contributed by atoms with Crippen molar-refractivity contribution in [2.75, 3.05) is 5.73 Å². The zero-order valence-electron chi connectivity index (χ0n) is 6.69. The number of nitrogens with zero attached hydrogens (tertiary/aromatic N) is 1. The van der Waals surface area contributed by atoms with Crippen LogP contribution in [0.4, 0.5) is 18.9 Å². The molecule has 1 aromatic carbocycles. The minimum Gasteiger partial charge on any atom is -0.398 e. The Morgan fingerprint density at radius 2 is 1.93 bits per heavy atom. The van der Waals surface area contributed by atoms with Crippen molar-refractivity contribution in [1.82, 2.24) is 0 Å². The van der Waals surface area contributed by atoms with Gasteiger partial charge in [-0.25, -0.2) is 0 Å². The Kier molecular flexibility index (Phi) is 2.71. The first-order valence-corrected chi connectivity index (χ1v) is 4.22. The average molecular weight is 265 g/mol. The predicted molar refractivity (Wildman–Crippen MR) is 48.3 cm³/mol. The van der Waals surface area contributed by atoms with Crippen molar-refractivity contribution in [1.29, 1.82) is 5.26 Å². The SMILES string of the molecule is N#Cc1cc(N)c(C(F)(F)F)cc1Br. The maximum absolute atomic E-state index is 12.3. The van der Waals surface area contributed by atoms with Gasteiger partial charge in [-0.1, -0.05) is 0 Å². The third-order valence-corrected chi connectivity index (χ3v) is 2.22. The van der Waals surface area contributed by atoms with E-state index in [0.29, 0.717) is 0 Å². The summed E-state index contributed by atoms with van der Waals surface area (Å²) in [6, 6.07) is 3.51. The summed E-state index contributed by atoms with van der Waals surface area (Å²) < 4.78 is 36.9. The quantitative estimate of drug-likeness (QED) is 0.733. The van der Waals surface area contributed by atoms with E-state index >= 15 is 0 Å². The van der Waals surface area contributed by atoms with E-state index in [1.807, 2.05) is 0 Å². The third-order valence-electron chi connectivity index (χ3n) is 1.57. The van der Waals surface area contributed by atoms with Gasteiger partial charge in [-0.05, 0) is 28.1 Å². The highest BCUT2D eigenvalue weighted by Crippen LogP contribution is 2.36. The molecule has 0 bridgehead atoms. The number of hydrogen-bond donors (Lipinski definition) is 1. The van der Waals surface area contributed by atoms with Gasteiger partial charge in [0.15, 0.2) is 0 Å². The van der Waals surface area contributed by atoms with Crippen LogP contribution >= 0.6 is 15.9 Å². The van der Waals surface area contributed by atoms with Gasteiger partial charge >= 0.3 is 6.18 Å². The minimum absolute atomic E-state index is 0.0792. The minimum atomic E-state index is -4.50. The second-order valence-corrected chi connectivity index (χ2v) is 3.38. The molecule has 0 atom stereocenters. The molecule has 0 radical (unpaired) electrons. The number of hydrogen-bond acceptors (Lipinski definition) is 2. The molecule has 0 heterocycles. The van der Waals surface area contributed by atoms with Gasteiger partial charge in [0.1, 0.15) is 6.07 Å². The van der Waals surface area contributed by atoms with Crippen molar-refractivity contribution >= 4 is 21.6 Å². The molecule has 0 aliphatic carbocycles. The number of nitrogens with two attached hydrogens (primary N) is 1. The Bertz CT molecular complexity index is 406. The summed E-state index contributed by atoms with van der Waals surface area (Å²) in [5.74, 6) is 0. The second kappa shape index (κ2) is 3.50. The number of anilines is 1. The molecule has 1 aromatic rings. The smallest absolute Gasteiger partial charge is 0.398 e. The van der Waals surface area contributed by atoms with Crippen LogP contribution in [0, 0.1) is 11.3 Å². The number of halogens is 4. The molecular weight excluding hydrogens is 261 g/mol. The van der Waals surface area contributed by atoms with Gasteiger partial charge < -0.3 is 5.73 Å². The van der Waals surface area contributed by atoms with E-state index in [4.69, 9.17) is 11.0 Å². The summed E-state index contributed by atoms with van der Waals surface area (Å²) in [5, 5.41) is 8.52. The summed E-state index contributed by atoms with van der Waals surface area (Å²) in [4.78, 5) is 0. The molecule has 0 aliphatic rings. The van der Waals surface area contributed by atoms with Crippen LogP contribution in [-0.2, 0) is 6.18 Å². The number of nitriles is 1. The number of nitrogen functional groups attached to an aromatic ring is 1. The molecule has 0 saturated carbocycles. The molecule has 0 fully saturated rings. The van der Waals surface area contributed by atoms with Gasteiger partial charge in [0.05, 0.1) is 11.1 Å². The zero-order chi connectivity index (χ0) is 10.9. The second-order valence-electron chi connectivity index (χ2n) is 2.53. The highest BCUT2D eigenvalue weighted by atomic mass is 79.9. The molecule has 1 rings (SSSR count). The lowest BCUT2D eigenvalue weighted by Gasteiger charge is -2.10. The summed E-state index contributed by atoms with van der Waals surface area (Å²) >= 11 is 2.86. The molecule has 0 unspecified atom stereocenters. The van der Waals surface area contributed by atoms with Crippen molar-refractivity contribution in [3.8, 4) is 6.07 Å². The van der Waals surface area contributed by atoms with Crippen LogP contribution in [0.3, 0.4) is 0 Å². The molecule has 0 spiro atoms. The van der Waals surface area contributed by atoms with Crippen molar-refractivity contribution in [3.63, 3.8) is 0 Å². The van der Waals surface area contributed by atoms with Crippen molar-refractivity contribution in [2.24, 2.45) is 0 Å². The molecule has 0 saturated heterocycles. The zero-order valence-corrected chi connectivity index (χ0v) is 8.28. The maximum atomic E-state index is 12.3. The Morgan fingerprint density at radius 3 is 2.36 bits per heavy atom. The van der Waals surface area contributed by atoms with Crippen LogP contribution in [0.1, 0.15) is 11.1 Å². The first kappa shape index (κ1) is 10.9. The number of benzene rings is 1. The van der Waals surface area contributed by atoms with Crippen LogP contribution in [0.2, 0.25) is 0 Å². The van der Waals surface area contributed by atoms with E-state index in [0.717, 1.165) is 12.1 Å². The molecular formula is C8H4BrF3N2. The first-order chi connectivity index (χ1) is 6.36. The highest BCUT2D eigenvalue weighted by molar-refractivity contribution is 9.10. The molecule has 14 heavy (non-hydrogen) atoms. The van der Waals surface area contributed by atoms with E-state index < -0.39 is 17.4 Å². The fourth-order valence-electron chi connectivity index (χ4n) is 0.921. The van der Waals surface area contributed by atoms with Gasteiger partial charge in [0.25, 0.3) is 0 Å². The van der Waals surface area contributed by atoms with Crippen LogP contribution in [-0.4, -0.2) is 0 Å². The van der Waals surface area contributed by atoms with Crippen molar-refractivity contribution in [2.45, 2.75) is 6.18 Å². The Hall–Kier alpha value is -1.22. The average Bonchev–Trinajstić information content (AvgIpc) is 2.06. The molecule has 2 N–H and O–H groups in total. The largest absolute Gasteiger partial charge is 0.418 e. The van der Waals surface area contributed by atoms with E-state index in [9.17, 15) is 13.2 Å². The summed E-state index contributed by atoms with van der Waals surface area (Å²) in [5.41, 5.74) is 3.85. The van der Waals surface area contributed by atoms with Crippen molar-refractivity contribution < 1.29 is 13.2 Å². The van der Waals surface area contributed by atoms with Crippen LogP contribution in [0.15, 0.2) is 16.6 Å². The summed E-state index contributed by atoms with van der Waals surface area (Å²) in [6.07, 6.45) is -4.50. The molecule has 0 aromatic heterocycles. The fourth-order valence-corrected chi connectivity index (χ4v) is 1.35. The molecule has 0 aliphatic heterocycles. The van der Waals surface area contributed by atoms with Gasteiger partial charge in [-0.3, -0.25) is 0 Å². The maximum Gasteiger partial charge on any atom is 0.418 e. The van der Waals surface area contributed by atoms with Crippen LogP contribution in [0.25, 0.3) is 0 Å². The molecule has 6 heteroatoms. The standard InChI is InChI=1S/C8H4BrF3N2/c9-6-2-5(8(10,11)12)7(14)1-4(6)3-13/h1-2H,14H2. The van der Waals surface area contributed by atoms with E-state index in [-0.39, 0.29) is 10.0 Å². The number of rotatable bonds is 0. The van der Waals surface area contributed by atoms with E-state index in [2.05, 4.69) is 15.9 Å². The lowest BCUT2D eigenvalue weighted by atomic mass is 10.1. The monoisotopic (exact) mass is 264 g/mol. The Labute approximate surface area is 86.3 Å². The third kappa shape index (κ3) is 1.99. The Balaban J connectivity index is 3.38. The summed E-state index contributed by atoms with van der Waals surface area (Å²) in [7, 11) is 0. The first-order valence-electron chi connectivity index (χ1n) is 3.42. The molecule has 74 valence electrons. The predicted octanol–water partition coefficient (Wildman–Crippen LogP) is 2.92. The molecule has 2 nitrogen and oxygen atoms in total. The van der Waals surface area contributed by atoms with E-state index in [1.165, 1.54) is 0 Å². The van der Waals surface area contributed by atoms with Gasteiger partial charge in [-0.15, -0.1) is 0 Å². The highest BCUT2D eigenvalue weighted by Gasteiger charge is 2.33.